The maximum Gasteiger partial charge on any atom is 0.175 e. The Bertz CT molecular complexity index is 3500. The molecule has 5 aromatic carbocycles. The van der Waals surface area contributed by atoms with Crippen molar-refractivity contribution in [2.75, 3.05) is 101 Å². The molecule has 3 fully saturated rings. The van der Waals surface area contributed by atoms with Crippen LogP contribution in [-0.2, 0) is 52.0 Å². The fourth-order valence-corrected chi connectivity index (χ4v) is 13.3. The number of fused-ring (bicyclic) bond motifs is 3. The van der Waals surface area contributed by atoms with Crippen LogP contribution in [0.5, 0.6) is 17.2 Å². The van der Waals surface area contributed by atoms with Crippen LogP contribution < -0.4 is 19.5 Å². The summed E-state index contributed by atoms with van der Waals surface area (Å²) in [6.07, 6.45) is 16.6. The molecule has 3 aromatic heterocycles. The molecule has 8 aromatic rings. The number of rotatable bonds is 28. The first-order valence-electron chi connectivity index (χ1n) is 34.5. The van der Waals surface area contributed by atoms with Crippen LogP contribution in [0.25, 0.3) is 32.9 Å². The second kappa shape index (κ2) is 38.8. The van der Waals surface area contributed by atoms with E-state index >= 15 is 0 Å². The number of nitrogens with one attached hydrogen (secondary N) is 1. The van der Waals surface area contributed by atoms with Gasteiger partial charge in [0.25, 0.3) is 0 Å². The number of piperidine rings is 3. The maximum atomic E-state index is 9.35. The Labute approximate surface area is 577 Å². The SMILES string of the molecule is CCCOc1ccc2c(CCC3CCN(Cc4ccccc4C#N)CC3)noc2c1CN(C)C.CCCOc1ccc2c(CCC3CCN(Cc4ccccc4C#N)CC3)noc2c1CN(C)C.CCCOc1ccc2c(CCC3CCNCC3)noc2c1CN(C)C.Cl.Cl. The van der Waals surface area contributed by atoms with E-state index in [1.807, 2.05) is 36.4 Å². The second-order valence-corrected chi connectivity index (χ2v) is 26.7. The molecule has 0 spiro atoms. The summed E-state index contributed by atoms with van der Waals surface area (Å²) in [5.74, 6) is 4.92. The molecule has 95 heavy (non-hydrogen) atoms. The third-order valence-electron chi connectivity index (χ3n) is 18.4. The van der Waals surface area contributed by atoms with E-state index in [0.717, 1.165) is 242 Å². The highest BCUT2D eigenvalue weighted by Crippen LogP contribution is 2.37. The molecule has 19 heteroatoms. The van der Waals surface area contributed by atoms with Crippen LogP contribution in [0.2, 0.25) is 0 Å². The average molecular weight is 1340 g/mol. The number of hydrogen-bond acceptors (Lipinski definition) is 17. The average Bonchev–Trinajstić information content (AvgIpc) is 1.70. The fourth-order valence-electron chi connectivity index (χ4n) is 13.3. The Kier molecular flexibility index (Phi) is 30.9. The molecule has 3 aliphatic heterocycles. The third-order valence-corrected chi connectivity index (χ3v) is 18.4. The zero-order valence-corrected chi connectivity index (χ0v) is 59.7. The molecule has 514 valence electrons. The van der Waals surface area contributed by atoms with Crippen LogP contribution in [0, 0.1) is 40.4 Å². The van der Waals surface area contributed by atoms with Gasteiger partial charge in [-0.15, -0.1) is 24.8 Å². The van der Waals surface area contributed by atoms with E-state index < -0.39 is 0 Å². The molecule has 3 aliphatic rings. The van der Waals surface area contributed by atoms with E-state index in [1.54, 1.807) is 0 Å². The number of aryl methyl sites for hydroxylation is 3. The summed E-state index contributed by atoms with van der Waals surface area (Å²) in [6.45, 7) is 19.1. The Morgan fingerprint density at radius 2 is 0.779 bits per heavy atom. The molecule has 11 rings (SSSR count). The second-order valence-electron chi connectivity index (χ2n) is 26.7. The lowest BCUT2D eigenvalue weighted by Crippen LogP contribution is -2.33. The molecule has 0 bridgehead atoms. The van der Waals surface area contributed by atoms with Crippen LogP contribution >= 0.6 is 24.8 Å². The van der Waals surface area contributed by atoms with Gasteiger partial charge in [-0.25, -0.2) is 0 Å². The van der Waals surface area contributed by atoms with Gasteiger partial charge in [0.2, 0.25) is 0 Å². The quantitative estimate of drug-likeness (QED) is 0.0488. The van der Waals surface area contributed by atoms with E-state index in [2.05, 4.69) is 169 Å². The highest BCUT2D eigenvalue weighted by atomic mass is 35.5. The largest absolute Gasteiger partial charge is 0.493 e. The number of hydrogen-bond donors (Lipinski definition) is 1. The molecule has 17 nitrogen and oxygen atoms in total. The normalized spacial score (nSPS) is 15.1. The number of aromatic nitrogens is 3. The first-order valence-corrected chi connectivity index (χ1v) is 34.5. The van der Waals surface area contributed by atoms with E-state index in [-0.39, 0.29) is 24.8 Å². The summed E-state index contributed by atoms with van der Waals surface area (Å²) in [5.41, 5.74) is 13.0. The van der Waals surface area contributed by atoms with E-state index in [4.69, 9.17) is 27.8 Å². The lowest BCUT2D eigenvalue weighted by atomic mass is 9.90. The predicted octanol–water partition coefficient (Wildman–Crippen LogP) is 15.2. The van der Waals surface area contributed by atoms with Gasteiger partial charge in [0.15, 0.2) is 16.7 Å². The van der Waals surface area contributed by atoms with Crippen molar-refractivity contribution < 1.29 is 27.8 Å². The lowest BCUT2D eigenvalue weighted by molar-refractivity contribution is 0.172. The van der Waals surface area contributed by atoms with Crippen molar-refractivity contribution in [2.45, 2.75) is 150 Å². The molecule has 0 amide bonds. The number of benzene rings is 5. The summed E-state index contributed by atoms with van der Waals surface area (Å²) < 4.78 is 35.4. The Balaban J connectivity index is 0.000000202. The summed E-state index contributed by atoms with van der Waals surface area (Å²) >= 11 is 0. The minimum atomic E-state index is 0. The monoisotopic (exact) mass is 1340 g/mol. The number of halogens is 2. The fraction of sp³-hybridized carbons (Fsp3) is 0.539. The first-order chi connectivity index (χ1) is 45.4. The zero-order valence-electron chi connectivity index (χ0n) is 58.1. The molecule has 3 saturated heterocycles. The Morgan fingerprint density at radius 1 is 0.463 bits per heavy atom. The van der Waals surface area contributed by atoms with Gasteiger partial charge < -0.3 is 47.8 Å². The van der Waals surface area contributed by atoms with Crippen LogP contribution in [0.4, 0.5) is 0 Å². The molecule has 1 N–H and O–H groups in total. The topological polar surface area (TPSA) is 182 Å². The van der Waals surface area contributed by atoms with Crippen molar-refractivity contribution in [1.82, 2.24) is 45.3 Å². The highest BCUT2D eigenvalue weighted by molar-refractivity contribution is 5.87. The van der Waals surface area contributed by atoms with Crippen LogP contribution in [-0.4, -0.2) is 141 Å². The molecule has 0 atom stereocenters. The van der Waals surface area contributed by atoms with Crippen molar-refractivity contribution in [2.24, 2.45) is 17.8 Å². The molecule has 6 heterocycles. The van der Waals surface area contributed by atoms with Crippen LogP contribution in [0.15, 0.2) is 98.5 Å². The van der Waals surface area contributed by atoms with Crippen LogP contribution in [0.1, 0.15) is 154 Å². The summed E-state index contributed by atoms with van der Waals surface area (Å²) in [5, 5.41) is 38.9. The summed E-state index contributed by atoms with van der Waals surface area (Å²) in [7, 11) is 12.4. The minimum absolute atomic E-state index is 0. The first kappa shape index (κ1) is 75.6. The number of nitrogens with zero attached hydrogens (tertiary/aromatic N) is 10. The van der Waals surface area contributed by atoms with Gasteiger partial charge >= 0.3 is 0 Å². The Morgan fingerprint density at radius 3 is 1.08 bits per heavy atom. The van der Waals surface area contributed by atoms with Crippen molar-refractivity contribution in [1.29, 1.82) is 10.5 Å². The van der Waals surface area contributed by atoms with E-state index in [1.165, 1.54) is 44.9 Å². The molecular formula is C76H105Cl2N11O6. The number of nitriles is 2. The van der Waals surface area contributed by atoms with Gasteiger partial charge in [-0.05, 0) is 255 Å². The van der Waals surface area contributed by atoms with Crippen molar-refractivity contribution >= 4 is 57.7 Å². The van der Waals surface area contributed by atoms with Crippen LogP contribution in [0.3, 0.4) is 0 Å². The molecule has 0 aliphatic carbocycles. The highest BCUT2D eigenvalue weighted by Gasteiger charge is 2.26. The van der Waals surface area contributed by atoms with Gasteiger partial charge in [0.1, 0.15) is 17.2 Å². The van der Waals surface area contributed by atoms with Crippen molar-refractivity contribution in [3.05, 3.63) is 141 Å². The van der Waals surface area contributed by atoms with Gasteiger partial charge in [-0.3, -0.25) is 9.80 Å². The van der Waals surface area contributed by atoms with Gasteiger partial charge in [0.05, 0.1) is 76.9 Å². The Hall–Kier alpha value is -6.77. The standard InChI is InChI=1S/2C28H36N4O2.C20H31N3O2.2ClH/c2*1-4-17-33-27-12-10-24-26(30-34-28(24)25(27)20-31(2)3)11-9-21-13-15-32(16-14-21)19-23-8-6-5-7-22(23)18-29;1-4-13-24-19-8-6-16-18(7-5-15-9-11-21-12-10-15)22-25-20(16)17(19)14-23(2)3;;/h2*5-8,10,12,21H,4,9,11,13-17,19-20H2,1-3H3;6,8,15,21H,4-5,7,9-14H2,1-3H3;2*1H. The molecular weight excluding hydrogens is 1230 g/mol. The predicted molar refractivity (Wildman–Crippen MR) is 385 cm³/mol. The van der Waals surface area contributed by atoms with Gasteiger partial charge in [-0.2, -0.15) is 10.5 Å². The van der Waals surface area contributed by atoms with Crippen molar-refractivity contribution in [3.8, 4) is 29.4 Å². The molecule has 0 radical (unpaired) electrons. The smallest absolute Gasteiger partial charge is 0.175 e. The van der Waals surface area contributed by atoms with Gasteiger partial charge in [0, 0.05) is 48.9 Å². The third kappa shape index (κ3) is 21.4. The number of likely N-dealkylation sites (tertiary alicyclic amines) is 2. The van der Waals surface area contributed by atoms with Crippen molar-refractivity contribution in [3.63, 3.8) is 0 Å². The molecule has 0 unspecified atom stereocenters. The lowest BCUT2D eigenvalue weighted by Gasteiger charge is -2.32. The minimum Gasteiger partial charge on any atom is -0.493 e. The zero-order chi connectivity index (χ0) is 65.5. The number of ether oxygens (including phenoxy) is 3. The van der Waals surface area contributed by atoms with Gasteiger partial charge in [-0.1, -0.05) is 72.6 Å². The maximum absolute atomic E-state index is 9.35. The van der Waals surface area contributed by atoms with E-state index in [9.17, 15) is 10.5 Å². The summed E-state index contributed by atoms with van der Waals surface area (Å²) in [6, 6.07) is 33.1. The molecule has 0 saturated carbocycles. The van der Waals surface area contributed by atoms with E-state index in [0.29, 0.717) is 25.0 Å². The summed E-state index contributed by atoms with van der Waals surface area (Å²) in [4.78, 5) is 11.4.